The number of nitrogens with one attached hydrogen (secondary N) is 2. The van der Waals surface area contributed by atoms with Crippen LogP contribution in [-0.2, 0) is 26.9 Å². The van der Waals surface area contributed by atoms with Crippen molar-refractivity contribution >= 4 is 57.8 Å². The summed E-state index contributed by atoms with van der Waals surface area (Å²) in [7, 11) is 0. The van der Waals surface area contributed by atoms with Crippen molar-refractivity contribution in [1.29, 1.82) is 0 Å². The van der Waals surface area contributed by atoms with Gasteiger partial charge in [-0.05, 0) is 67.3 Å². The summed E-state index contributed by atoms with van der Waals surface area (Å²) in [6.45, 7) is 1.20. The first-order chi connectivity index (χ1) is 24.6. The highest BCUT2D eigenvalue weighted by Crippen LogP contribution is 2.34. The molecule has 4 heterocycles. The highest BCUT2D eigenvalue weighted by atomic mass is 19.3. The number of hydrogen-bond acceptors (Lipinski definition) is 9. The Bertz CT molecular complexity index is 2110. The van der Waals surface area contributed by atoms with Gasteiger partial charge >= 0.3 is 5.92 Å². The number of fused-ring (bicyclic) bond motifs is 2. The van der Waals surface area contributed by atoms with Gasteiger partial charge in [0, 0.05) is 66.5 Å². The van der Waals surface area contributed by atoms with Crippen LogP contribution in [-0.4, -0.2) is 69.9 Å². The minimum absolute atomic E-state index is 0.00117. The average Bonchev–Trinajstić information content (AvgIpc) is 3.46. The number of carbonyl (C=O) groups is 4. The fourth-order valence-corrected chi connectivity index (χ4v) is 6.64. The Morgan fingerprint density at radius 2 is 1.78 bits per heavy atom. The van der Waals surface area contributed by atoms with E-state index in [0.29, 0.717) is 54.0 Å². The molecule has 4 aromatic rings. The summed E-state index contributed by atoms with van der Waals surface area (Å²) in [6, 6.07) is 16.8. The number of aliphatic imine (C=N–C) groups is 1. The number of amides is 4. The SMILES string of the molecule is NC=C(C=NC1CCN(c2cccc(C(F)(F)C(=O)Nc3ccc4c(c3)CN(C3CCC(=O)NC3=O)C4=O)c2)CC1)c1cnc2ccccc2n1. The summed E-state index contributed by atoms with van der Waals surface area (Å²) in [5.74, 6) is -6.72. The minimum Gasteiger partial charge on any atom is -0.404 e. The molecule has 0 spiro atoms. The van der Waals surface area contributed by atoms with Crippen molar-refractivity contribution in [3.63, 3.8) is 0 Å². The van der Waals surface area contributed by atoms with Gasteiger partial charge in [-0.3, -0.25) is 34.5 Å². The normalized spacial score (nSPS) is 18.7. The first-order valence-electron chi connectivity index (χ1n) is 16.6. The second-order valence-electron chi connectivity index (χ2n) is 12.7. The largest absolute Gasteiger partial charge is 0.404 e. The van der Waals surface area contributed by atoms with Gasteiger partial charge in [-0.2, -0.15) is 8.78 Å². The van der Waals surface area contributed by atoms with Crippen LogP contribution in [0.25, 0.3) is 16.6 Å². The Morgan fingerprint density at radius 1 is 1.00 bits per heavy atom. The second-order valence-corrected chi connectivity index (χ2v) is 12.7. The third kappa shape index (κ3) is 6.76. The summed E-state index contributed by atoms with van der Waals surface area (Å²) in [6.07, 6.45) is 6.47. The molecule has 0 radical (unpaired) electrons. The fraction of sp³-hybridized carbons (Fsp3) is 0.270. The van der Waals surface area contributed by atoms with Gasteiger partial charge in [-0.1, -0.05) is 24.3 Å². The van der Waals surface area contributed by atoms with Gasteiger partial charge in [0.15, 0.2) is 0 Å². The van der Waals surface area contributed by atoms with Crippen LogP contribution in [0.4, 0.5) is 20.2 Å². The number of nitrogens with two attached hydrogens (primary N) is 1. The molecule has 1 aromatic heterocycles. The number of allylic oxidation sites excluding steroid dienone is 1. The lowest BCUT2D eigenvalue weighted by Gasteiger charge is -2.32. The van der Waals surface area contributed by atoms with Crippen LogP contribution >= 0.6 is 0 Å². The molecule has 260 valence electrons. The Morgan fingerprint density at radius 3 is 2.55 bits per heavy atom. The maximum Gasteiger partial charge on any atom is 0.350 e. The molecule has 1 atom stereocenters. The molecule has 3 aromatic carbocycles. The number of anilines is 2. The highest BCUT2D eigenvalue weighted by Gasteiger charge is 2.42. The summed E-state index contributed by atoms with van der Waals surface area (Å²) in [5, 5.41) is 4.53. The molecule has 1 unspecified atom stereocenters. The molecule has 7 rings (SSSR count). The van der Waals surface area contributed by atoms with Crippen molar-refractivity contribution in [3.05, 3.63) is 102 Å². The first kappa shape index (κ1) is 33.4. The number of rotatable bonds is 8. The third-order valence-corrected chi connectivity index (χ3v) is 9.45. The Labute approximate surface area is 291 Å². The number of carbonyl (C=O) groups excluding carboxylic acids is 4. The number of alkyl halides is 2. The van der Waals surface area contributed by atoms with E-state index >= 15 is 8.78 Å². The Hall–Kier alpha value is -6.05. The fourth-order valence-electron chi connectivity index (χ4n) is 6.64. The molecular formula is C37H34F2N8O4. The molecule has 3 aliphatic heterocycles. The summed E-state index contributed by atoms with van der Waals surface area (Å²) in [5.41, 5.74) is 9.68. The van der Waals surface area contributed by atoms with Crippen LogP contribution in [0.15, 0.2) is 84.1 Å². The average molecular weight is 693 g/mol. The van der Waals surface area contributed by atoms with Crippen LogP contribution in [0, 0.1) is 0 Å². The predicted molar refractivity (Wildman–Crippen MR) is 187 cm³/mol. The maximum atomic E-state index is 15.6. The van der Waals surface area contributed by atoms with Crippen molar-refractivity contribution in [2.75, 3.05) is 23.3 Å². The van der Waals surface area contributed by atoms with E-state index < -0.39 is 41.2 Å². The maximum absolute atomic E-state index is 15.6. The number of piperidine rings is 2. The Balaban J connectivity index is 0.968. The minimum atomic E-state index is -3.86. The van der Waals surface area contributed by atoms with E-state index in [9.17, 15) is 19.2 Å². The van der Waals surface area contributed by atoms with Crippen molar-refractivity contribution in [2.24, 2.45) is 10.7 Å². The molecule has 14 heteroatoms. The van der Waals surface area contributed by atoms with Gasteiger partial charge in [0.05, 0.1) is 29.0 Å². The number of benzene rings is 3. The molecular weight excluding hydrogens is 658 g/mol. The molecule has 12 nitrogen and oxygen atoms in total. The molecule has 0 bridgehead atoms. The number of aromatic nitrogens is 2. The van der Waals surface area contributed by atoms with Crippen LogP contribution in [0.2, 0.25) is 0 Å². The standard InChI is InChI=1S/C37H34F2N8O4/c38-37(39,36(51)43-26-8-9-28-22(16-26)21-47(35(28)50)32-10-11-33(48)45-34(32)49)24-4-3-5-27(17-24)46-14-12-25(13-15-46)41-19-23(18-40)31-20-42-29-6-1-2-7-30(29)44-31/h1-9,16-20,25,32H,10-15,21,40H2,(H,43,51)(H,45,48,49). The lowest BCUT2D eigenvalue weighted by Crippen LogP contribution is -2.52. The second kappa shape index (κ2) is 13.7. The molecule has 0 aliphatic carbocycles. The molecule has 2 saturated heterocycles. The van der Waals surface area contributed by atoms with Crippen molar-refractivity contribution < 1.29 is 28.0 Å². The highest BCUT2D eigenvalue weighted by molar-refractivity contribution is 6.09. The summed E-state index contributed by atoms with van der Waals surface area (Å²) >= 11 is 0. The van der Waals surface area contributed by atoms with Crippen molar-refractivity contribution in [1.82, 2.24) is 20.2 Å². The lowest BCUT2D eigenvalue weighted by atomic mass is 10.0. The Kier molecular flexibility index (Phi) is 8.98. The summed E-state index contributed by atoms with van der Waals surface area (Å²) in [4.78, 5) is 66.9. The third-order valence-electron chi connectivity index (χ3n) is 9.45. The molecule has 4 amide bonds. The smallest absolute Gasteiger partial charge is 0.350 e. The molecule has 2 fully saturated rings. The number of imide groups is 1. The number of nitrogens with zero attached hydrogens (tertiary/aromatic N) is 5. The van der Waals surface area contributed by atoms with Gasteiger partial charge in [0.2, 0.25) is 11.8 Å². The lowest BCUT2D eigenvalue weighted by molar-refractivity contribution is -0.141. The molecule has 4 N–H and O–H groups in total. The molecule has 51 heavy (non-hydrogen) atoms. The molecule has 3 aliphatic rings. The quantitative estimate of drug-likeness (QED) is 0.183. The van der Waals surface area contributed by atoms with Gasteiger partial charge < -0.3 is 20.9 Å². The van der Waals surface area contributed by atoms with Crippen molar-refractivity contribution in [3.8, 4) is 0 Å². The van der Waals surface area contributed by atoms with E-state index in [-0.39, 0.29) is 31.1 Å². The van der Waals surface area contributed by atoms with E-state index in [0.717, 1.165) is 11.0 Å². The zero-order chi connectivity index (χ0) is 35.7. The number of para-hydroxylation sites is 2. The van der Waals surface area contributed by atoms with E-state index in [1.165, 1.54) is 47.5 Å². The topological polar surface area (TPSA) is 163 Å². The number of halogens is 2. The van der Waals surface area contributed by atoms with Crippen LogP contribution in [0.3, 0.4) is 0 Å². The zero-order valence-electron chi connectivity index (χ0n) is 27.4. The molecule has 0 saturated carbocycles. The first-order valence-corrected chi connectivity index (χ1v) is 16.6. The van der Waals surface area contributed by atoms with Gasteiger partial charge in [-0.15, -0.1) is 0 Å². The van der Waals surface area contributed by atoms with Crippen LogP contribution < -0.4 is 21.3 Å². The van der Waals surface area contributed by atoms with E-state index in [2.05, 4.69) is 20.6 Å². The number of hydrogen-bond donors (Lipinski definition) is 3. The predicted octanol–water partition coefficient (Wildman–Crippen LogP) is 4.16. The van der Waals surface area contributed by atoms with E-state index in [1.807, 2.05) is 29.2 Å². The van der Waals surface area contributed by atoms with Gasteiger partial charge in [0.1, 0.15) is 6.04 Å². The van der Waals surface area contributed by atoms with Crippen molar-refractivity contribution in [2.45, 2.75) is 50.2 Å². The monoisotopic (exact) mass is 692 g/mol. The zero-order valence-corrected chi connectivity index (χ0v) is 27.4. The van der Waals surface area contributed by atoms with Gasteiger partial charge in [0.25, 0.3) is 11.8 Å². The summed E-state index contributed by atoms with van der Waals surface area (Å²) < 4.78 is 31.2. The van der Waals surface area contributed by atoms with Crippen LogP contribution in [0.1, 0.15) is 52.9 Å². The van der Waals surface area contributed by atoms with Gasteiger partial charge in [-0.25, -0.2) is 4.98 Å². The van der Waals surface area contributed by atoms with E-state index in [4.69, 9.17) is 10.7 Å². The van der Waals surface area contributed by atoms with E-state index in [1.54, 1.807) is 18.5 Å². The van der Waals surface area contributed by atoms with Crippen LogP contribution in [0.5, 0.6) is 0 Å².